The highest BCUT2D eigenvalue weighted by Gasteiger charge is 2.45. The monoisotopic (exact) mass is 742 g/mol. The largest absolute Gasteiger partial charge is 0.458 e. The van der Waals surface area contributed by atoms with Gasteiger partial charge in [0.05, 0.1) is 23.8 Å². The van der Waals surface area contributed by atoms with Gasteiger partial charge in [-0.25, -0.2) is 14.3 Å². The molecule has 52 heavy (non-hydrogen) atoms. The second-order valence-corrected chi connectivity index (χ2v) is 11.5. The summed E-state index contributed by atoms with van der Waals surface area (Å²) in [7, 11) is 0. The number of hydrogen-bond acceptors (Lipinski definition) is 8. The molecule has 12 nitrogen and oxygen atoms in total. The van der Waals surface area contributed by atoms with E-state index < -0.39 is 94.4 Å². The van der Waals surface area contributed by atoms with Crippen LogP contribution in [0.25, 0.3) is 22.1 Å². The molecule has 0 bridgehead atoms. The van der Waals surface area contributed by atoms with E-state index in [1.54, 1.807) is 0 Å². The lowest BCUT2D eigenvalue weighted by molar-refractivity contribution is -0.158. The van der Waals surface area contributed by atoms with E-state index in [1.165, 1.54) is 26.0 Å². The maximum atomic E-state index is 14.6. The minimum Gasteiger partial charge on any atom is -0.458 e. The Morgan fingerprint density at radius 1 is 0.731 bits per heavy atom. The first-order valence-electron chi connectivity index (χ1n) is 14.9. The van der Waals surface area contributed by atoms with Crippen molar-refractivity contribution in [3.8, 4) is 6.01 Å². The van der Waals surface area contributed by atoms with Crippen LogP contribution in [0.3, 0.4) is 0 Å². The minimum absolute atomic E-state index is 0.106. The van der Waals surface area contributed by atoms with Gasteiger partial charge in [-0.2, -0.15) is 54.7 Å². The number of benzene rings is 2. The molecule has 4 aromatic heterocycles. The molecule has 0 spiro atoms. The van der Waals surface area contributed by atoms with Gasteiger partial charge in [0.15, 0.2) is 17.3 Å². The number of rotatable bonds is 8. The van der Waals surface area contributed by atoms with Gasteiger partial charge >= 0.3 is 18.5 Å². The van der Waals surface area contributed by atoms with Gasteiger partial charge < -0.3 is 14.8 Å². The van der Waals surface area contributed by atoms with E-state index in [0.29, 0.717) is 34.5 Å². The minimum atomic E-state index is -5.15. The molecule has 3 N–H and O–H groups in total. The van der Waals surface area contributed by atoms with E-state index in [1.807, 2.05) is 0 Å². The van der Waals surface area contributed by atoms with Crippen molar-refractivity contribution in [3.05, 3.63) is 109 Å². The Kier molecular flexibility index (Phi) is 8.88. The van der Waals surface area contributed by atoms with Gasteiger partial charge in [-0.3, -0.25) is 14.6 Å². The molecule has 6 aromatic rings. The summed E-state index contributed by atoms with van der Waals surface area (Å²) in [6.07, 6.45) is -14.6. The topological polar surface area (TPSA) is 157 Å². The number of aliphatic hydroxyl groups excluding tert-OH is 1. The van der Waals surface area contributed by atoms with Crippen LogP contribution >= 0.6 is 0 Å². The van der Waals surface area contributed by atoms with Crippen LogP contribution in [0.4, 0.5) is 39.5 Å². The molecule has 4 heterocycles. The number of aryl methyl sites for hydroxylation is 1. The maximum absolute atomic E-state index is 14.6. The molecule has 2 aromatic carbocycles. The molecule has 0 saturated heterocycles. The summed E-state index contributed by atoms with van der Waals surface area (Å²) in [6.45, 7) is 1.30. The number of halogens is 9. The third-order valence-electron chi connectivity index (χ3n) is 8.06. The molecule has 21 heteroatoms. The van der Waals surface area contributed by atoms with Crippen LogP contribution in [0.15, 0.2) is 58.1 Å². The highest BCUT2D eigenvalue weighted by molar-refractivity contribution is 5.78. The lowest BCUT2D eigenvalue weighted by Crippen LogP contribution is -2.29. The molecule has 0 radical (unpaired) electrons. The highest BCUT2D eigenvalue weighted by Crippen LogP contribution is 2.39. The lowest BCUT2D eigenvalue weighted by Gasteiger charge is -2.22. The average molecular weight is 743 g/mol. The molecule has 0 aliphatic rings. The zero-order chi connectivity index (χ0) is 37.9. The number of fused-ring (bicyclic) bond motifs is 2. The van der Waals surface area contributed by atoms with Crippen LogP contribution in [0.1, 0.15) is 58.5 Å². The van der Waals surface area contributed by atoms with Crippen molar-refractivity contribution in [2.24, 2.45) is 0 Å². The zero-order valence-electron chi connectivity index (χ0n) is 26.4. The highest BCUT2D eigenvalue weighted by atomic mass is 19.4. The molecule has 2 unspecified atom stereocenters. The van der Waals surface area contributed by atoms with Gasteiger partial charge in [0.1, 0.15) is 34.6 Å². The van der Waals surface area contributed by atoms with Crippen LogP contribution in [0, 0.1) is 6.92 Å². The van der Waals surface area contributed by atoms with Gasteiger partial charge in [0.2, 0.25) is 0 Å². The van der Waals surface area contributed by atoms with E-state index in [0.717, 1.165) is 16.8 Å². The summed E-state index contributed by atoms with van der Waals surface area (Å²) in [5, 5.41) is 17.4. The Bertz CT molecular complexity index is 2390. The van der Waals surface area contributed by atoms with E-state index in [2.05, 4.69) is 30.1 Å². The lowest BCUT2D eigenvalue weighted by atomic mass is 10.0. The first-order valence-corrected chi connectivity index (χ1v) is 14.9. The number of H-pyrrole nitrogens is 2. The van der Waals surface area contributed by atoms with Gasteiger partial charge in [0, 0.05) is 0 Å². The number of aromatic amines is 2. The maximum Gasteiger partial charge on any atom is 0.416 e. The third kappa shape index (κ3) is 6.69. The van der Waals surface area contributed by atoms with Crippen LogP contribution in [-0.2, 0) is 25.6 Å². The Hall–Kier alpha value is -5.73. The van der Waals surface area contributed by atoms with E-state index >= 15 is 0 Å². The van der Waals surface area contributed by atoms with Crippen molar-refractivity contribution >= 4 is 22.1 Å². The molecule has 0 aliphatic carbocycles. The molecular weight excluding hydrogens is 719 g/mol. The third-order valence-corrected chi connectivity index (χ3v) is 8.06. The summed E-state index contributed by atoms with van der Waals surface area (Å²) < 4.78 is 130. The first kappa shape index (κ1) is 36.1. The predicted octanol–water partition coefficient (Wildman–Crippen LogP) is 5.73. The number of nitrogens with one attached hydrogen (secondary N) is 2. The van der Waals surface area contributed by atoms with E-state index in [-0.39, 0.29) is 22.6 Å². The molecule has 0 fully saturated rings. The molecule has 274 valence electrons. The summed E-state index contributed by atoms with van der Waals surface area (Å²) in [6, 6.07) is 2.19. The van der Waals surface area contributed by atoms with Crippen LogP contribution < -0.4 is 15.9 Å². The normalized spacial score (nSPS) is 13.9. The van der Waals surface area contributed by atoms with Crippen molar-refractivity contribution in [1.29, 1.82) is 0 Å². The van der Waals surface area contributed by atoms with Crippen LogP contribution in [0.2, 0.25) is 0 Å². The molecule has 0 amide bonds. The van der Waals surface area contributed by atoms with Gasteiger partial charge in [-0.05, 0) is 49.2 Å². The fraction of sp³-hybridized carbons (Fsp3) is 0.290. The molecular formula is C31H23F9N8O4. The van der Waals surface area contributed by atoms with Crippen molar-refractivity contribution in [2.75, 3.05) is 0 Å². The summed E-state index contributed by atoms with van der Waals surface area (Å²) in [5.74, 6) is -0.106. The van der Waals surface area contributed by atoms with Crippen molar-refractivity contribution in [2.45, 2.75) is 57.7 Å². The Morgan fingerprint density at radius 2 is 1.23 bits per heavy atom. The predicted molar refractivity (Wildman–Crippen MR) is 162 cm³/mol. The number of aromatic nitrogens is 8. The van der Waals surface area contributed by atoms with Crippen LogP contribution in [0.5, 0.6) is 6.01 Å². The molecule has 0 saturated carbocycles. The van der Waals surface area contributed by atoms with Gasteiger partial charge in [0.25, 0.3) is 17.1 Å². The fourth-order valence-electron chi connectivity index (χ4n) is 5.60. The smallest absolute Gasteiger partial charge is 0.416 e. The van der Waals surface area contributed by atoms with Crippen LogP contribution in [-0.4, -0.2) is 50.8 Å². The van der Waals surface area contributed by atoms with Crippen molar-refractivity contribution in [3.63, 3.8) is 0 Å². The average Bonchev–Trinajstić information content (AvgIpc) is 3.61. The molecule has 0 aliphatic heterocycles. The second kappa shape index (κ2) is 12.8. The van der Waals surface area contributed by atoms with Gasteiger partial charge in [-0.15, -0.1) is 0 Å². The fourth-order valence-corrected chi connectivity index (χ4v) is 5.60. The van der Waals surface area contributed by atoms with Gasteiger partial charge in [-0.1, -0.05) is 24.3 Å². The van der Waals surface area contributed by atoms with Crippen molar-refractivity contribution in [1.82, 2.24) is 39.5 Å². The van der Waals surface area contributed by atoms with E-state index in [4.69, 9.17) is 4.74 Å². The quantitative estimate of drug-likeness (QED) is 0.167. The Morgan fingerprint density at radius 3 is 1.77 bits per heavy atom. The second-order valence-electron chi connectivity index (χ2n) is 11.5. The number of ether oxygens (including phenoxy) is 1. The van der Waals surface area contributed by atoms with Crippen molar-refractivity contribution < 1.29 is 49.4 Å². The first-order chi connectivity index (χ1) is 24.3. The van der Waals surface area contributed by atoms with E-state index in [9.17, 15) is 54.2 Å². The Balaban J connectivity index is 1.40. The number of nitrogens with zero attached hydrogens (tertiary/aromatic N) is 6. The number of alkyl halides is 9. The summed E-state index contributed by atoms with van der Waals surface area (Å²) in [5.41, 5.74) is -5.54. The summed E-state index contributed by atoms with van der Waals surface area (Å²) in [4.78, 5) is 39.0. The molecule has 2 atom stereocenters. The SMILES string of the molecule is Cc1nc2c(c(COc3nc4c(c(CO)nn4C(C)c4ccc(C(F)(F)F)cc4)c(=O)[nH]3)nn2C(c2ccc(C(F)(F)F)cc2)C(F)(F)F)c(=O)[nH]1. The number of aliphatic hydroxyl groups is 1. The Labute approximate surface area is 283 Å². The number of hydrogen-bond donors (Lipinski definition) is 3. The molecule has 6 rings (SSSR count). The standard InChI is InChI=1S/C31H23F9N8O4/c1-13(15-3-7-17(8-4-15)29(32,33)34)47-25-21(19(11-49)45-47)27(51)44-28(43-25)52-12-20-22-24(41-14(2)42-26(22)50)48(46-20)23(31(38,39)40)16-5-9-18(10-6-16)30(35,36)37/h3-10,13,23,49H,11-12H2,1-2H3,(H,41,42,50)(H,43,44,51). The zero-order valence-corrected chi connectivity index (χ0v) is 26.4. The summed E-state index contributed by atoms with van der Waals surface area (Å²) >= 11 is 0.